The van der Waals surface area contributed by atoms with Crippen molar-refractivity contribution < 1.29 is 5.11 Å². The molecule has 0 amide bonds. The van der Waals surface area contributed by atoms with Crippen LogP contribution in [0.15, 0.2) is 30.3 Å². The van der Waals surface area contributed by atoms with Crippen LogP contribution in [0.3, 0.4) is 0 Å². The van der Waals surface area contributed by atoms with Crippen LogP contribution in [0, 0.1) is 5.92 Å². The molecule has 0 aromatic heterocycles. The number of benzene rings is 1. The molecule has 1 rings (SSSR count). The molecular formula is C15H24O. The molecule has 1 heteroatoms. The third kappa shape index (κ3) is 4.80. The lowest BCUT2D eigenvalue weighted by Crippen LogP contribution is -2.04. The number of hydrogen-bond acceptors (Lipinski definition) is 1. The summed E-state index contributed by atoms with van der Waals surface area (Å²) in [5.41, 5.74) is 1.05. The Kier molecular flexibility index (Phi) is 6.17. The number of hydrogen-bond donors (Lipinski definition) is 1. The summed E-state index contributed by atoms with van der Waals surface area (Å²) in [6.07, 6.45) is 5.70. The molecule has 16 heavy (non-hydrogen) atoms. The lowest BCUT2D eigenvalue weighted by Gasteiger charge is -2.16. The van der Waals surface area contributed by atoms with Crippen molar-refractivity contribution in [2.24, 2.45) is 5.92 Å². The highest BCUT2D eigenvalue weighted by Crippen LogP contribution is 2.23. The molecule has 1 N–H and O–H groups in total. The predicted octanol–water partition coefficient (Wildman–Crippen LogP) is 4.33. The number of aliphatic hydroxyl groups excluding tert-OH is 1. The Morgan fingerprint density at radius 1 is 1.12 bits per heavy atom. The van der Waals surface area contributed by atoms with Crippen LogP contribution in [0.2, 0.25) is 0 Å². The van der Waals surface area contributed by atoms with Gasteiger partial charge < -0.3 is 5.11 Å². The van der Waals surface area contributed by atoms with E-state index >= 15 is 0 Å². The van der Waals surface area contributed by atoms with E-state index in [9.17, 15) is 5.11 Å². The minimum Gasteiger partial charge on any atom is -0.388 e. The molecule has 2 atom stereocenters. The molecule has 0 aliphatic heterocycles. The number of rotatable bonds is 7. The van der Waals surface area contributed by atoms with Crippen molar-refractivity contribution in [1.29, 1.82) is 0 Å². The van der Waals surface area contributed by atoms with Gasteiger partial charge in [-0.3, -0.25) is 0 Å². The molecule has 0 saturated carbocycles. The lowest BCUT2D eigenvalue weighted by molar-refractivity contribution is 0.144. The Balaban J connectivity index is 2.31. The summed E-state index contributed by atoms with van der Waals surface area (Å²) < 4.78 is 0. The maximum absolute atomic E-state index is 10.0. The van der Waals surface area contributed by atoms with Gasteiger partial charge in [-0.15, -0.1) is 0 Å². The van der Waals surface area contributed by atoms with E-state index in [1.165, 1.54) is 25.7 Å². The zero-order chi connectivity index (χ0) is 11.8. The van der Waals surface area contributed by atoms with Gasteiger partial charge in [-0.25, -0.2) is 0 Å². The highest BCUT2D eigenvalue weighted by molar-refractivity contribution is 5.17. The van der Waals surface area contributed by atoms with Crippen molar-refractivity contribution >= 4 is 0 Å². The van der Waals surface area contributed by atoms with E-state index in [1.807, 2.05) is 30.3 Å². The van der Waals surface area contributed by atoms with Gasteiger partial charge in [0.25, 0.3) is 0 Å². The Hall–Kier alpha value is -0.820. The smallest absolute Gasteiger partial charge is 0.0792 e. The van der Waals surface area contributed by atoms with Gasteiger partial charge in [0.2, 0.25) is 0 Å². The van der Waals surface area contributed by atoms with Gasteiger partial charge in [-0.2, -0.15) is 0 Å². The molecule has 2 unspecified atom stereocenters. The molecule has 1 aromatic carbocycles. The van der Waals surface area contributed by atoms with Crippen molar-refractivity contribution in [1.82, 2.24) is 0 Å². The highest BCUT2D eigenvalue weighted by Gasteiger charge is 2.11. The first-order chi connectivity index (χ1) is 7.74. The first-order valence-electron chi connectivity index (χ1n) is 6.47. The van der Waals surface area contributed by atoms with Crippen LogP contribution in [-0.2, 0) is 0 Å². The Labute approximate surface area is 99.5 Å². The number of unbranched alkanes of at least 4 members (excludes halogenated alkanes) is 2. The van der Waals surface area contributed by atoms with E-state index in [1.54, 1.807) is 0 Å². The molecule has 0 aliphatic rings. The van der Waals surface area contributed by atoms with Crippen molar-refractivity contribution in [3.8, 4) is 0 Å². The molecule has 0 saturated heterocycles. The summed E-state index contributed by atoms with van der Waals surface area (Å²) in [6.45, 7) is 4.46. The van der Waals surface area contributed by atoms with Gasteiger partial charge in [0, 0.05) is 0 Å². The van der Waals surface area contributed by atoms with Crippen LogP contribution in [0.5, 0.6) is 0 Å². The monoisotopic (exact) mass is 220 g/mol. The average molecular weight is 220 g/mol. The Morgan fingerprint density at radius 2 is 1.81 bits per heavy atom. The zero-order valence-corrected chi connectivity index (χ0v) is 10.5. The van der Waals surface area contributed by atoms with E-state index in [0.717, 1.165) is 12.0 Å². The lowest BCUT2D eigenvalue weighted by atomic mass is 9.94. The van der Waals surface area contributed by atoms with Gasteiger partial charge in [-0.1, -0.05) is 69.9 Å². The average Bonchev–Trinajstić information content (AvgIpc) is 2.30. The van der Waals surface area contributed by atoms with E-state index < -0.39 is 0 Å². The number of aliphatic hydroxyl groups is 1. The third-order valence-corrected chi connectivity index (χ3v) is 3.11. The molecule has 90 valence electrons. The van der Waals surface area contributed by atoms with Gasteiger partial charge >= 0.3 is 0 Å². The summed E-state index contributed by atoms with van der Waals surface area (Å²) in [4.78, 5) is 0. The second-order valence-electron chi connectivity index (χ2n) is 4.76. The van der Waals surface area contributed by atoms with Gasteiger partial charge in [0.1, 0.15) is 0 Å². The summed E-state index contributed by atoms with van der Waals surface area (Å²) in [6, 6.07) is 9.97. The van der Waals surface area contributed by atoms with Crippen LogP contribution in [0.1, 0.15) is 57.6 Å². The zero-order valence-electron chi connectivity index (χ0n) is 10.5. The van der Waals surface area contributed by atoms with E-state index in [0.29, 0.717) is 5.92 Å². The molecule has 1 nitrogen and oxygen atoms in total. The van der Waals surface area contributed by atoms with E-state index in [-0.39, 0.29) is 6.10 Å². The molecule has 0 bridgehead atoms. The van der Waals surface area contributed by atoms with Crippen LogP contribution in [0.25, 0.3) is 0 Å². The van der Waals surface area contributed by atoms with Crippen LogP contribution in [-0.4, -0.2) is 5.11 Å². The quantitative estimate of drug-likeness (QED) is 0.678. The minimum absolute atomic E-state index is 0.294. The molecule has 0 heterocycles. The Bertz CT molecular complexity index is 268. The molecule has 0 aliphatic carbocycles. The normalized spacial score (nSPS) is 14.7. The van der Waals surface area contributed by atoms with E-state index in [4.69, 9.17) is 0 Å². The summed E-state index contributed by atoms with van der Waals surface area (Å²) >= 11 is 0. The SMILES string of the molecule is CCCCCC(C)CC(O)c1ccccc1. The van der Waals surface area contributed by atoms with Gasteiger partial charge in [-0.05, 0) is 17.9 Å². The molecule has 1 aromatic rings. The van der Waals surface area contributed by atoms with E-state index in [2.05, 4.69) is 13.8 Å². The second kappa shape index (κ2) is 7.45. The first-order valence-corrected chi connectivity index (χ1v) is 6.47. The minimum atomic E-state index is -0.294. The van der Waals surface area contributed by atoms with Crippen LogP contribution >= 0.6 is 0 Å². The topological polar surface area (TPSA) is 20.2 Å². The highest BCUT2D eigenvalue weighted by atomic mass is 16.3. The molecule has 0 radical (unpaired) electrons. The summed E-state index contributed by atoms with van der Waals surface area (Å²) in [5, 5.41) is 10.0. The fraction of sp³-hybridized carbons (Fsp3) is 0.600. The van der Waals surface area contributed by atoms with Gasteiger partial charge in [0.15, 0.2) is 0 Å². The van der Waals surface area contributed by atoms with Crippen molar-refractivity contribution in [2.75, 3.05) is 0 Å². The fourth-order valence-corrected chi connectivity index (χ4v) is 2.05. The largest absolute Gasteiger partial charge is 0.388 e. The summed E-state index contributed by atoms with van der Waals surface area (Å²) in [5.74, 6) is 0.613. The maximum atomic E-state index is 10.0. The first kappa shape index (κ1) is 13.2. The maximum Gasteiger partial charge on any atom is 0.0792 e. The third-order valence-electron chi connectivity index (χ3n) is 3.11. The van der Waals surface area contributed by atoms with Crippen molar-refractivity contribution in [3.63, 3.8) is 0 Å². The van der Waals surface area contributed by atoms with Crippen molar-refractivity contribution in [3.05, 3.63) is 35.9 Å². The fourth-order valence-electron chi connectivity index (χ4n) is 2.05. The molecular weight excluding hydrogens is 196 g/mol. The van der Waals surface area contributed by atoms with Crippen LogP contribution < -0.4 is 0 Å². The summed E-state index contributed by atoms with van der Waals surface area (Å²) in [7, 11) is 0. The van der Waals surface area contributed by atoms with Gasteiger partial charge in [0.05, 0.1) is 6.10 Å². The molecule has 0 fully saturated rings. The second-order valence-corrected chi connectivity index (χ2v) is 4.76. The van der Waals surface area contributed by atoms with Crippen LogP contribution in [0.4, 0.5) is 0 Å². The van der Waals surface area contributed by atoms with Crippen molar-refractivity contribution in [2.45, 2.75) is 52.1 Å². The standard InChI is InChI=1S/C15H24O/c1-3-4-6-9-13(2)12-15(16)14-10-7-5-8-11-14/h5,7-8,10-11,13,15-16H,3-4,6,9,12H2,1-2H3. The molecule has 0 spiro atoms. The predicted molar refractivity (Wildman–Crippen MR) is 69.3 cm³/mol. The Morgan fingerprint density at radius 3 is 2.44 bits per heavy atom.